The van der Waals surface area contributed by atoms with E-state index in [1.807, 2.05) is 32.9 Å². The number of amides is 1. The quantitative estimate of drug-likeness (QED) is 0.806. The van der Waals surface area contributed by atoms with Crippen molar-refractivity contribution in [1.82, 2.24) is 15.3 Å². The molecule has 2 heterocycles. The molecule has 0 unspecified atom stereocenters. The summed E-state index contributed by atoms with van der Waals surface area (Å²) < 4.78 is 5.34. The maximum atomic E-state index is 12.1. The Kier molecular flexibility index (Phi) is 5.75. The minimum Gasteiger partial charge on any atom is -0.444 e. The molecule has 6 nitrogen and oxygen atoms in total. The number of rotatable bonds is 5. The van der Waals surface area contributed by atoms with Crippen LogP contribution in [-0.4, -0.2) is 21.7 Å². The van der Waals surface area contributed by atoms with E-state index in [1.54, 1.807) is 30.9 Å². The van der Waals surface area contributed by atoms with Crippen LogP contribution in [-0.2, 0) is 4.74 Å². The van der Waals surface area contributed by atoms with Crippen molar-refractivity contribution in [3.8, 4) is 11.1 Å². The van der Waals surface area contributed by atoms with E-state index in [-0.39, 0.29) is 6.04 Å². The number of nitrogens with zero attached hydrogens (tertiary/aromatic N) is 2. The number of nitrogens with two attached hydrogens (primary N) is 1. The molecule has 3 N–H and O–H groups in total. The van der Waals surface area contributed by atoms with E-state index in [4.69, 9.17) is 10.5 Å². The van der Waals surface area contributed by atoms with Gasteiger partial charge in [-0.3, -0.25) is 9.97 Å². The van der Waals surface area contributed by atoms with E-state index in [0.717, 1.165) is 16.7 Å². The first-order valence-electron chi connectivity index (χ1n) is 8.05. The van der Waals surface area contributed by atoms with Crippen molar-refractivity contribution in [3.63, 3.8) is 0 Å². The van der Waals surface area contributed by atoms with Gasteiger partial charge < -0.3 is 15.8 Å². The number of hydrogen-bond acceptors (Lipinski definition) is 5. The second-order valence-electron chi connectivity index (χ2n) is 6.69. The lowest BCUT2D eigenvalue weighted by Gasteiger charge is -2.23. The lowest BCUT2D eigenvalue weighted by atomic mass is 10.0. The Morgan fingerprint density at radius 2 is 2.12 bits per heavy atom. The van der Waals surface area contributed by atoms with E-state index in [1.165, 1.54) is 0 Å². The number of hydrogen-bond donors (Lipinski definition) is 2. The second-order valence-corrected chi connectivity index (χ2v) is 6.69. The van der Waals surface area contributed by atoms with Crippen molar-refractivity contribution < 1.29 is 9.53 Å². The van der Waals surface area contributed by atoms with Gasteiger partial charge >= 0.3 is 6.09 Å². The first-order valence-corrected chi connectivity index (χ1v) is 8.05. The number of nitrogens with one attached hydrogen (secondary N) is 1. The molecule has 0 aliphatic heterocycles. The molecule has 0 saturated carbocycles. The number of carbonyl (C=O) groups is 1. The summed E-state index contributed by atoms with van der Waals surface area (Å²) in [5.74, 6) is 0. The third kappa shape index (κ3) is 5.31. The van der Waals surface area contributed by atoms with Crippen LogP contribution in [0.3, 0.4) is 0 Å². The average Bonchev–Trinajstić information content (AvgIpc) is 2.53. The monoisotopic (exact) mass is 340 g/mol. The molecular formula is C19H24N4O2. The van der Waals surface area contributed by atoms with Gasteiger partial charge in [-0.05, 0) is 44.9 Å². The Labute approximate surface area is 148 Å². The number of ether oxygens (including phenoxy) is 1. The van der Waals surface area contributed by atoms with Gasteiger partial charge in [0.2, 0.25) is 0 Å². The van der Waals surface area contributed by atoms with Crippen molar-refractivity contribution in [3.05, 3.63) is 55.1 Å². The minimum atomic E-state index is -0.561. The van der Waals surface area contributed by atoms with E-state index >= 15 is 0 Å². The fourth-order valence-corrected chi connectivity index (χ4v) is 2.36. The summed E-state index contributed by atoms with van der Waals surface area (Å²) in [5, 5.41) is 2.87. The first kappa shape index (κ1) is 18.4. The number of aromatic nitrogens is 2. The van der Waals surface area contributed by atoms with E-state index in [9.17, 15) is 4.79 Å². The normalized spacial score (nSPS) is 12.3. The van der Waals surface area contributed by atoms with Gasteiger partial charge in [-0.15, -0.1) is 6.58 Å². The Hall–Kier alpha value is -2.89. The highest BCUT2D eigenvalue weighted by Gasteiger charge is 2.20. The van der Waals surface area contributed by atoms with Gasteiger partial charge in [0, 0.05) is 29.7 Å². The van der Waals surface area contributed by atoms with E-state index in [0.29, 0.717) is 12.1 Å². The van der Waals surface area contributed by atoms with Crippen LogP contribution in [0.5, 0.6) is 0 Å². The van der Waals surface area contributed by atoms with Crippen LogP contribution in [0.1, 0.15) is 38.8 Å². The molecule has 6 heteroatoms. The molecule has 25 heavy (non-hydrogen) atoms. The maximum absolute atomic E-state index is 12.1. The number of pyridine rings is 2. The Balaban J connectivity index is 2.27. The standard InChI is InChI=1S/C19H24N4O2/c1-5-6-17(23-18(24)25-19(2,3)4)14-9-13(10-22-11-14)15-7-8-21-12-16(15)20/h5,7-12,17H,1,6,20H2,2-4H3,(H,23,24)/t17-/m0/s1. The molecule has 0 aliphatic rings. The molecule has 0 radical (unpaired) electrons. The molecule has 0 aliphatic carbocycles. The highest BCUT2D eigenvalue weighted by Crippen LogP contribution is 2.27. The van der Waals surface area contributed by atoms with Crippen LogP contribution in [0.4, 0.5) is 10.5 Å². The number of anilines is 1. The fraction of sp³-hybridized carbons (Fsp3) is 0.316. The van der Waals surface area contributed by atoms with Gasteiger partial charge in [-0.25, -0.2) is 4.79 Å². The maximum Gasteiger partial charge on any atom is 0.408 e. The van der Waals surface area contributed by atoms with Gasteiger partial charge in [0.05, 0.1) is 17.9 Å². The molecule has 2 aromatic rings. The predicted molar refractivity (Wildman–Crippen MR) is 98.8 cm³/mol. The molecule has 2 aromatic heterocycles. The smallest absolute Gasteiger partial charge is 0.408 e. The first-order chi connectivity index (χ1) is 11.8. The van der Waals surface area contributed by atoms with Gasteiger partial charge in [-0.2, -0.15) is 0 Å². The summed E-state index contributed by atoms with van der Waals surface area (Å²) in [5.41, 5.74) is 8.55. The average molecular weight is 340 g/mol. The zero-order valence-corrected chi connectivity index (χ0v) is 14.8. The summed E-state index contributed by atoms with van der Waals surface area (Å²) in [6, 6.07) is 3.49. The van der Waals surface area contributed by atoms with E-state index < -0.39 is 11.7 Å². The Morgan fingerprint density at radius 3 is 2.76 bits per heavy atom. The predicted octanol–water partition coefficient (Wildman–Crippen LogP) is 3.87. The Bertz CT molecular complexity index is 753. The molecule has 1 atom stereocenters. The molecule has 132 valence electrons. The molecule has 0 saturated heterocycles. The van der Waals surface area contributed by atoms with Gasteiger partial charge in [0.25, 0.3) is 0 Å². The third-order valence-corrected chi connectivity index (χ3v) is 3.42. The number of alkyl carbamates (subject to hydrolysis) is 1. The molecule has 0 spiro atoms. The number of carbonyl (C=O) groups excluding carboxylic acids is 1. The van der Waals surface area contributed by atoms with Gasteiger partial charge in [0.1, 0.15) is 5.60 Å². The van der Waals surface area contributed by atoms with Crippen LogP contribution in [0.15, 0.2) is 49.6 Å². The van der Waals surface area contributed by atoms with Crippen LogP contribution in [0.2, 0.25) is 0 Å². The van der Waals surface area contributed by atoms with Crippen molar-refractivity contribution in [2.24, 2.45) is 0 Å². The second kappa shape index (κ2) is 7.79. The molecule has 0 aromatic carbocycles. The van der Waals surface area contributed by atoms with Crippen molar-refractivity contribution in [2.45, 2.75) is 38.8 Å². The highest BCUT2D eigenvalue weighted by atomic mass is 16.6. The summed E-state index contributed by atoms with van der Waals surface area (Å²) in [6.07, 6.45) is 8.54. The summed E-state index contributed by atoms with van der Waals surface area (Å²) in [4.78, 5) is 20.4. The lowest BCUT2D eigenvalue weighted by Crippen LogP contribution is -2.34. The van der Waals surface area contributed by atoms with Gasteiger partial charge in [0.15, 0.2) is 0 Å². The zero-order chi connectivity index (χ0) is 18.4. The molecule has 0 bridgehead atoms. The van der Waals surface area contributed by atoms with Crippen LogP contribution in [0.25, 0.3) is 11.1 Å². The van der Waals surface area contributed by atoms with Crippen molar-refractivity contribution in [1.29, 1.82) is 0 Å². The Morgan fingerprint density at radius 1 is 1.36 bits per heavy atom. The van der Waals surface area contributed by atoms with Crippen LogP contribution in [0, 0.1) is 0 Å². The summed E-state index contributed by atoms with van der Waals surface area (Å²) in [7, 11) is 0. The summed E-state index contributed by atoms with van der Waals surface area (Å²) in [6.45, 7) is 9.23. The molecular weight excluding hydrogens is 316 g/mol. The lowest BCUT2D eigenvalue weighted by molar-refractivity contribution is 0.0504. The number of nitrogen functional groups attached to an aromatic ring is 1. The van der Waals surface area contributed by atoms with Crippen LogP contribution >= 0.6 is 0 Å². The molecule has 2 rings (SSSR count). The fourth-order valence-electron chi connectivity index (χ4n) is 2.36. The van der Waals surface area contributed by atoms with Crippen molar-refractivity contribution in [2.75, 3.05) is 5.73 Å². The van der Waals surface area contributed by atoms with Gasteiger partial charge in [-0.1, -0.05) is 6.08 Å². The minimum absolute atomic E-state index is 0.289. The van der Waals surface area contributed by atoms with E-state index in [2.05, 4.69) is 21.9 Å². The van der Waals surface area contributed by atoms with Crippen molar-refractivity contribution >= 4 is 11.8 Å². The third-order valence-electron chi connectivity index (χ3n) is 3.42. The molecule has 0 fully saturated rings. The van der Waals surface area contributed by atoms with Crippen LogP contribution < -0.4 is 11.1 Å². The topological polar surface area (TPSA) is 90.1 Å². The highest BCUT2D eigenvalue weighted by molar-refractivity contribution is 5.75. The summed E-state index contributed by atoms with van der Waals surface area (Å²) >= 11 is 0. The largest absolute Gasteiger partial charge is 0.444 e. The molecule has 1 amide bonds. The zero-order valence-electron chi connectivity index (χ0n) is 14.8. The SMILES string of the molecule is C=CC[C@H](NC(=O)OC(C)(C)C)c1cncc(-c2ccncc2N)c1.